The summed E-state index contributed by atoms with van der Waals surface area (Å²) in [7, 11) is 0. The zero-order valence-corrected chi connectivity index (χ0v) is 16.4. The Hall–Kier alpha value is -3.86. The van der Waals surface area contributed by atoms with E-state index in [1.54, 1.807) is 24.3 Å². The number of rotatable bonds is 7. The first-order valence-electron chi connectivity index (χ1n) is 9.87. The van der Waals surface area contributed by atoms with Gasteiger partial charge in [0.2, 0.25) is 5.91 Å². The Bertz CT molecular complexity index is 1100. The topological polar surface area (TPSA) is 71.3 Å². The van der Waals surface area contributed by atoms with Crippen LogP contribution < -0.4 is 10.6 Å². The maximum Gasteiger partial charge on any atom is 0.251 e. The van der Waals surface area contributed by atoms with Crippen molar-refractivity contribution in [2.75, 3.05) is 6.54 Å². The number of benzene rings is 3. The number of fused-ring (bicyclic) bond motifs is 1. The predicted octanol–water partition coefficient (Wildman–Crippen LogP) is 4.46. The van der Waals surface area contributed by atoms with Gasteiger partial charge in [0.1, 0.15) is 17.4 Å². The summed E-state index contributed by atoms with van der Waals surface area (Å²) < 4.78 is 6.00. The summed E-state index contributed by atoms with van der Waals surface area (Å²) in [6.45, 7) is 0.251. The van der Waals surface area contributed by atoms with Crippen LogP contribution in [-0.2, 0) is 4.79 Å². The molecular weight excluding hydrogens is 376 g/mol. The van der Waals surface area contributed by atoms with Gasteiger partial charge in [-0.05, 0) is 29.8 Å². The van der Waals surface area contributed by atoms with Crippen LogP contribution in [0, 0.1) is 0 Å². The van der Waals surface area contributed by atoms with E-state index in [2.05, 4.69) is 10.6 Å². The Morgan fingerprint density at radius 3 is 2.23 bits per heavy atom. The average molecular weight is 398 g/mol. The van der Waals surface area contributed by atoms with E-state index in [4.69, 9.17) is 4.42 Å². The van der Waals surface area contributed by atoms with Crippen molar-refractivity contribution in [1.29, 1.82) is 0 Å². The Labute approximate surface area is 174 Å². The first-order valence-corrected chi connectivity index (χ1v) is 9.87. The van der Waals surface area contributed by atoms with Gasteiger partial charge >= 0.3 is 0 Å². The molecule has 30 heavy (non-hydrogen) atoms. The van der Waals surface area contributed by atoms with Gasteiger partial charge in [0, 0.05) is 23.9 Å². The van der Waals surface area contributed by atoms with Gasteiger partial charge in [-0.1, -0.05) is 66.7 Å². The Morgan fingerprint density at radius 2 is 1.50 bits per heavy atom. The Kier molecular flexibility index (Phi) is 5.90. The lowest BCUT2D eigenvalue weighted by atomic mass is 10.0. The molecule has 2 amide bonds. The van der Waals surface area contributed by atoms with Gasteiger partial charge in [-0.3, -0.25) is 9.59 Å². The highest BCUT2D eigenvalue weighted by molar-refractivity contribution is 5.94. The van der Waals surface area contributed by atoms with Crippen LogP contribution in [0.5, 0.6) is 0 Å². The van der Waals surface area contributed by atoms with Gasteiger partial charge in [-0.2, -0.15) is 0 Å². The smallest absolute Gasteiger partial charge is 0.251 e. The maximum absolute atomic E-state index is 12.6. The van der Waals surface area contributed by atoms with Gasteiger partial charge in [-0.15, -0.1) is 0 Å². The van der Waals surface area contributed by atoms with Crippen molar-refractivity contribution < 1.29 is 14.0 Å². The largest absolute Gasteiger partial charge is 0.459 e. The van der Waals surface area contributed by atoms with Crippen LogP contribution in [0.25, 0.3) is 11.0 Å². The number of carbonyl (C=O) groups is 2. The first-order chi connectivity index (χ1) is 14.7. The minimum absolute atomic E-state index is 0.169. The van der Waals surface area contributed by atoms with Gasteiger partial charge in [0.15, 0.2) is 0 Å². The molecule has 4 rings (SSSR count). The predicted molar refractivity (Wildman–Crippen MR) is 116 cm³/mol. The minimum atomic E-state index is -0.407. The molecule has 5 heteroatoms. The second-order valence-corrected chi connectivity index (χ2v) is 6.97. The van der Waals surface area contributed by atoms with E-state index in [1.165, 1.54) is 0 Å². The summed E-state index contributed by atoms with van der Waals surface area (Å²) in [5, 5.41) is 6.81. The van der Waals surface area contributed by atoms with Crippen molar-refractivity contribution in [1.82, 2.24) is 10.6 Å². The molecule has 0 saturated heterocycles. The molecule has 0 aliphatic rings. The van der Waals surface area contributed by atoms with Crippen LogP contribution in [0.4, 0.5) is 0 Å². The van der Waals surface area contributed by atoms with Gasteiger partial charge in [0.05, 0.1) is 0 Å². The quantitative estimate of drug-likeness (QED) is 0.483. The number of amides is 2. The fourth-order valence-electron chi connectivity index (χ4n) is 3.32. The molecule has 2 N–H and O–H groups in total. The van der Waals surface area contributed by atoms with Crippen molar-refractivity contribution >= 4 is 22.8 Å². The van der Waals surface area contributed by atoms with E-state index in [0.29, 0.717) is 11.3 Å². The standard InChI is InChI=1S/C25H22N2O3/c28-23(15-16-26-25(29)19-11-5-2-6-12-19)27-24(18-9-3-1-4-10-18)22-17-20-13-7-8-14-21(20)30-22/h1-14,17,24H,15-16H2,(H,26,29)(H,27,28). The first kappa shape index (κ1) is 19.5. The van der Waals surface area contributed by atoms with Crippen LogP contribution in [0.3, 0.4) is 0 Å². The van der Waals surface area contributed by atoms with Gasteiger partial charge in [0.25, 0.3) is 5.91 Å². The van der Waals surface area contributed by atoms with E-state index in [0.717, 1.165) is 16.5 Å². The van der Waals surface area contributed by atoms with Crippen molar-refractivity contribution in [3.63, 3.8) is 0 Å². The summed E-state index contributed by atoms with van der Waals surface area (Å²) in [5.74, 6) is 0.307. The molecule has 5 nitrogen and oxygen atoms in total. The van der Waals surface area contributed by atoms with E-state index in [9.17, 15) is 9.59 Å². The molecule has 1 unspecified atom stereocenters. The van der Waals surface area contributed by atoms with E-state index in [1.807, 2.05) is 66.7 Å². The third kappa shape index (κ3) is 4.58. The SMILES string of the molecule is O=C(CCNC(=O)c1ccccc1)NC(c1ccccc1)c1cc2ccccc2o1. The Balaban J connectivity index is 1.44. The van der Waals surface area contributed by atoms with Crippen molar-refractivity contribution in [2.45, 2.75) is 12.5 Å². The summed E-state index contributed by atoms with van der Waals surface area (Å²) in [4.78, 5) is 24.8. The Morgan fingerprint density at radius 1 is 0.833 bits per heavy atom. The number of para-hydroxylation sites is 1. The number of nitrogens with one attached hydrogen (secondary N) is 2. The highest BCUT2D eigenvalue weighted by atomic mass is 16.3. The molecule has 3 aromatic carbocycles. The molecule has 0 bridgehead atoms. The highest BCUT2D eigenvalue weighted by Crippen LogP contribution is 2.28. The molecule has 1 atom stereocenters. The molecule has 0 aliphatic carbocycles. The van der Waals surface area contributed by atoms with Crippen LogP contribution in [0.1, 0.15) is 34.1 Å². The number of carbonyl (C=O) groups excluding carboxylic acids is 2. The summed E-state index contributed by atoms with van der Waals surface area (Å²) in [5.41, 5.74) is 2.28. The number of hydrogen-bond acceptors (Lipinski definition) is 3. The lowest BCUT2D eigenvalue weighted by molar-refractivity contribution is -0.121. The zero-order chi connectivity index (χ0) is 20.8. The maximum atomic E-state index is 12.6. The zero-order valence-electron chi connectivity index (χ0n) is 16.4. The summed E-state index contributed by atoms with van der Waals surface area (Å²) >= 11 is 0. The lowest BCUT2D eigenvalue weighted by Gasteiger charge is -2.17. The molecular formula is C25H22N2O3. The number of furan rings is 1. The minimum Gasteiger partial charge on any atom is -0.459 e. The monoisotopic (exact) mass is 398 g/mol. The molecule has 0 saturated carbocycles. The number of hydrogen-bond donors (Lipinski definition) is 2. The molecule has 150 valence electrons. The molecule has 0 radical (unpaired) electrons. The third-order valence-corrected chi connectivity index (χ3v) is 4.84. The van der Waals surface area contributed by atoms with E-state index < -0.39 is 6.04 Å². The van der Waals surface area contributed by atoms with Gasteiger partial charge in [-0.25, -0.2) is 0 Å². The van der Waals surface area contributed by atoms with Crippen LogP contribution in [0.2, 0.25) is 0 Å². The third-order valence-electron chi connectivity index (χ3n) is 4.84. The second-order valence-electron chi connectivity index (χ2n) is 6.97. The highest BCUT2D eigenvalue weighted by Gasteiger charge is 2.20. The molecule has 1 heterocycles. The lowest BCUT2D eigenvalue weighted by Crippen LogP contribution is -2.33. The van der Waals surface area contributed by atoms with Crippen molar-refractivity contribution in [3.05, 3.63) is 108 Å². The molecule has 0 aliphatic heterocycles. The van der Waals surface area contributed by atoms with Gasteiger partial charge < -0.3 is 15.1 Å². The molecule has 4 aromatic rings. The molecule has 0 fully saturated rings. The molecule has 1 aromatic heterocycles. The van der Waals surface area contributed by atoms with E-state index >= 15 is 0 Å². The molecule has 0 spiro atoms. The van der Waals surface area contributed by atoms with Crippen molar-refractivity contribution in [2.24, 2.45) is 0 Å². The summed E-state index contributed by atoms with van der Waals surface area (Å²) in [6.07, 6.45) is 0.169. The normalized spacial score (nSPS) is 11.7. The fourth-order valence-corrected chi connectivity index (χ4v) is 3.32. The van der Waals surface area contributed by atoms with E-state index in [-0.39, 0.29) is 24.8 Å². The average Bonchev–Trinajstić information content (AvgIpc) is 3.22. The van der Waals surface area contributed by atoms with Crippen LogP contribution >= 0.6 is 0 Å². The van der Waals surface area contributed by atoms with Crippen LogP contribution in [-0.4, -0.2) is 18.4 Å². The van der Waals surface area contributed by atoms with Crippen LogP contribution in [0.15, 0.2) is 95.4 Å². The second kappa shape index (κ2) is 9.09. The fraction of sp³-hybridized carbons (Fsp3) is 0.120. The summed E-state index contributed by atoms with van der Waals surface area (Å²) in [6, 6.07) is 27.9. The van der Waals surface area contributed by atoms with Crippen molar-refractivity contribution in [3.8, 4) is 0 Å².